The molecule has 1 atom stereocenters. The third kappa shape index (κ3) is 3.00. The van der Waals surface area contributed by atoms with Gasteiger partial charge in [0.1, 0.15) is 0 Å². The van der Waals surface area contributed by atoms with Gasteiger partial charge in [-0.15, -0.1) is 0 Å². The highest BCUT2D eigenvalue weighted by Gasteiger charge is 2.22. The van der Waals surface area contributed by atoms with Gasteiger partial charge in [0.15, 0.2) is 0 Å². The highest BCUT2D eigenvalue weighted by Crippen LogP contribution is 2.22. The van der Waals surface area contributed by atoms with Crippen molar-refractivity contribution in [2.45, 2.75) is 26.4 Å². The molecular formula is C14H24N4. The van der Waals surface area contributed by atoms with E-state index < -0.39 is 0 Å². The van der Waals surface area contributed by atoms with E-state index in [4.69, 9.17) is 0 Å². The molecule has 1 aromatic heterocycles. The minimum absolute atomic E-state index is 0.610. The molecule has 1 N–H and O–H groups in total. The van der Waals surface area contributed by atoms with Crippen molar-refractivity contribution in [2.24, 2.45) is 0 Å². The summed E-state index contributed by atoms with van der Waals surface area (Å²) in [6.45, 7) is 9.65. The molecule has 0 spiro atoms. The van der Waals surface area contributed by atoms with E-state index in [1.807, 2.05) is 12.4 Å². The number of likely N-dealkylation sites (N-methyl/N-ethyl adjacent to an activating group) is 1. The number of hydrogen-bond donors (Lipinski definition) is 1. The van der Waals surface area contributed by atoms with Gasteiger partial charge in [0.05, 0.1) is 0 Å². The largest absolute Gasteiger partial charge is 0.368 e. The summed E-state index contributed by atoms with van der Waals surface area (Å²) >= 11 is 0. The zero-order valence-corrected chi connectivity index (χ0v) is 11.7. The predicted octanol–water partition coefficient (Wildman–Crippen LogP) is 1.33. The van der Waals surface area contributed by atoms with Crippen molar-refractivity contribution in [3.05, 3.63) is 24.0 Å². The Morgan fingerprint density at radius 1 is 1.44 bits per heavy atom. The maximum Gasteiger partial charge on any atom is 0.0443 e. The summed E-state index contributed by atoms with van der Waals surface area (Å²) in [5.74, 6) is 0. The van der Waals surface area contributed by atoms with Gasteiger partial charge < -0.3 is 15.1 Å². The lowest BCUT2D eigenvalue weighted by atomic mass is 10.1. The Balaban J connectivity index is 2.12. The van der Waals surface area contributed by atoms with E-state index >= 15 is 0 Å². The first kappa shape index (κ1) is 13.3. The van der Waals surface area contributed by atoms with Crippen LogP contribution in [0.5, 0.6) is 0 Å². The fraction of sp³-hybridized carbons (Fsp3) is 0.643. The first-order valence-corrected chi connectivity index (χ1v) is 6.81. The summed E-state index contributed by atoms with van der Waals surface area (Å²) in [6.07, 6.45) is 3.88. The molecule has 18 heavy (non-hydrogen) atoms. The van der Waals surface area contributed by atoms with Crippen LogP contribution in [0.2, 0.25) is 0 Å². The minimum atomic E-state index is 0.610. The summed E-state index contributed by atoms with van der Waals surface area (Å²) < 4.78 is 0. The number of anilines is 1. The molecule has 1 aliphatic heterocycles. The minimum Gasteiger partial charge on any atom is -0.368 e. The van der Waals surface area contributed by atoms with E-state index in [9.17, 15) is 0 Å². The van der Waals surface area contributed by atoms with E-state index in [1.54, 1.807) is 0 Å². The molecule has 2 heterocycles. The number of rotatable bonds is 4. The summed E-state index contributed by atoms with van der Waals surface area (Å²) in [4.78, 5) is 9.15. The first-order valence-electron chi connectivity index (χ1n) is 6.81. The highest BCUT2D eigenvalue weighted by atomic mass is 15.3. The van der Waals surface area contributed by atoms with Gasteiger partial charge in [0.25, 0.3) is 0 Å². The fourth-order valence-electron chi connectivity index (χ4n) is 2.39. The van der Waals surface area contributed by atoms with Crippen LogP contribution in [0.3, 0.4) is 0 Å². The topological polar surface area (TPSA) is 31.4 Å². The molecule has 0 aromatic carbocycles. The molecule has 1 saturated heterocycles. The molecule has 1 aromatic rings. The second kappa shape index (κ2) is 6.16. The molecule has 0 radical (unpaired) electrons. The Labute approximate surface area is 110 Å². The van der Waals surface area contributed by atoms with Crippen molar-refractivity contribution >= 4 is 5.69 Å². The molecule has 0 amide bonds. The maximum absolute atomic E-state index is 4.25. The number of nitrogens with one attached hydrogen (secondary N) is 1. The molecule has 0 aliphatic carbocycles. The fourth-order valence-corrected chi connectivity index (χ4v) is 2.39. The molecule has 1 unspecified atom stereocenters. The molecule has 0 saturated carbocycles. The first-order chi connectivity index (χ1) is 8.72. The van der Waals surface area contributed by atoms with Crippen LogP contribution in [0.25, 0.3) is 0 Å². The second-order valence-electron chi connectivity index (χ2n) is 5.06. The van der Waals surface area contributed by atoms with Crippen LogP contribution >= 0.6 is 0 Å². The average Bonchev–Trinajstić information content (AvgIpc) is 2.40. The molecule has 0 bridgehead atoms. The van der Waals surface area contributed by atoms with E-state index in [0.29, 0.717) is 6.04 Å². The third-order valence-electron chi connectivity index (χ3n) is 3.74. The zero-order chi connectivity index (χ0) is 13.0. The van der Waals surface area contributed by atoms with Gasteiger partial charge in [-0.1, -0.05) is 6.92 Å². The van der Waals surface area contributed by atoms with Crippen LogP contribution in [-0.4, -0.2) is 49.2 Å². The SMILES string of the molecule is CCNCc1cnccc1N1CCN(C)C(C)C1. The van der Waals surface area contributed by atoms with E-state index in [2.05, 4.69) is 47.1 Å². The molecular weight excluding hydrogens is 224 g/mol. The number of hydrogen-bond acceptors (Lipinski definition) is 4. The molecule has 100 valence electrons. The van der Waals surface area contributed by atoms with Crippen LogP contribution in [-0.2, 0) is 6.54 Å². The van der Waals surface area contributed by atoms with Crippen molar-refractivity contribution in [2.75, 3.05) is 38.1 Å². The van der Waals surface area contributed by atoms with E-state index in [-0.39, 0.29) is 0 Å². The third-order valence-corrected chi connectivity index (χ3v) is 3.74. The van der Waals surface area contributed by atoms with Gasteiger partial charge in [0.2, 0.25) is 0 Å². The monoisotopic (exact) mass is 248 g/mol. The number of nitrogens with zero attached hydrogens (tertiary/aromatic N) is 3. The summed E-state index contributed by atoms with van der Waals surface area (Å²) in [5, 5.41) is 3.39. The van der Waals surface area contributed by atoms with Crippen LogP contribution < -0.4 is 10.2 Å². The van der Waals surface area contributed by atoms with Gasteiger partial charge >= 0.3 is 0 Å². The molecule has 4 heteroatoms. The van der Waals surface area contributed by atoms with Crippen molar-refractivity contribution in [1.82, 2.24) is 15.2 Å². The Morgan fingerprint density at radius 2 is 2.28 bits per heavy atom. The van der Waals surface area contributed by atoms with Gasteiger partial charge in [-0.25, -0.2) is 0 Å². The van der Waals surface area contributed by atoms with Crippen LogP contribution in [0, 0.1) is 0 Å². The number of pyridine rings is 1. The molecule has 1 aliphatic rings. The van der Waals surface area contributed by atoms with Gasteiger partial charge in [-0.3, -0.25) is 4.98 Å². The Bertz CT molecular complexity index is 380. The quantitative estimate of drug-likeness (QED) is 0.871. The summed E-state index contributed by atoms with van der Waals surface area (Å²) in [5.41, 5.74) is 2.64. The van der Waals surface area contributed by atoms with Crippen molar-refractivity contribution < 1.29 is 0 Å². The predicted molar refractivity (Wildman–Crippen MR) is 75.9 cm³/mol. The Hall–Kier alpha value is -1.13. The molecule has 1 fully saturated rings. The second-order valence-corrected chi connectivity index (χ2v) is 5.06. The number of piperazine rings is 1. The summed E-state index contributed by atoms with van der Waals surface area (Å²) in [7, 11) is 2.20. The van der Waals surface area contributed by atoms with Crippen molar-refractivity contribution in [3.8, 4) is 0 Å². The van der Waals surface area contributed by atoms with Crippen LogP contribution in [0.4, 0.5) is 5.69 Å². The number of aromatic nitrogens is 1. The Kier molecular flexibility index (Phi) is 4.55. The van der Waals surface area contributed by atoms with Crippen LogP contribution in [0.1, 0.15) is 19.4 Å². The van der Waals surface area contributed by atoms with E-state index in [1.165, 1.54) is 11.3 Å². The van der Waals surface area contributed by atoms with Crippen LogP contribution in [0.15, 0.2) is 18.5 Å². The maximum atomic E-state index is 4.25. The standard InChI is InChI=1S/C14H24N4/c1-4-15-9-13-10-16-6-5-14(13)18-8-7-17(3)12(2)11-18/h5-6,10,12,15H,4,7-9,11H2,1-3H3. The van der Waals surface area contributed by atoms with E-state index in [0.717, 1.165) is 32.7 Å². The Morgan fingerprint density at radius 3 is 3.00 bits per heavy atom. The van der Waals surface area contributed by atoms with Crippen molar-refractivity contribution in [1.29, 1.82) is 0 Å². The summed E-state index contributed by atoms with van der Waals surface area (Å²) in [6, 6.07) is 2.75. The lowest BCUT2D eigenvalue weighted by Gasteiger charge is -2.39. The molecule has 2 rings (SSSR count). The lowest BCUT2D eigenvalue weighted by Crippen LogP contribution is -2.50. The lowest BCUT2D eigenvalue weighted by molar-refractivity contribution is 0.234. The van der Waals surface area contributed by atoms with Gasteiger partial charge in [0, 0.05) is 55.9 Å². The van der Waals surface area contributed by atoms with Crippen molar-refractivity contribution in [3.63, 3.8) is 0 Å². The molecule has 4 nitrogen and oxygen atoms in total. The van der Waals surface area contributed by atoms with Gasteiger partial charge in [-0.05, 0) is 26.6 Å². The average molecular weight is 248 g/mol. The smallest absolute Gasteiger partial charge is 0.0443 e. The zero-order valence-electron chi connectivity index (χ0n) is 11.7. The normalized spacial score (nSPS) is 21.3. The van der Waals surface area contributed by atoms with Gasteiger partial charge in [-0.2, -0.15) is 0 Å². The highest BCUT2D eigenvalue weighted by molar-refractivity contribution is 5.52.